The van der Waals surface area contributed by atoms with Gasteiger partial charge in [-0.25, -0.2) is 0 Å². The predicted molar refractivity (Wildman–Crippen MR) is 99.7 cm³/mol. The van der Waals surface area contributed by atoms with Crippen LogP contribution in [0.25, 0.3) is 10.9 Å². The van der Waals surface area contributed by atoms with Crippen LogP contribution in [-0.2, 0) is 9.59 Å². The molecule has 0 radical (unpaired) electrons. The van der Waals surface area contributed by atoms with Gasteiger partial charge in [0.25, 0.3) is 0 Å². The van der Waals surface area contributed by atoms with Crippen molar-refractivity contribution in [1.82, 2.24) is 20.0 Å². The van der Waals surface area contributed by atoms with Gasteiger partial charge in [-0.3, -0.25) is 24.5 Å². The van der Waals surface area contributed by atoms with Gasteiger partial charge >= 0.3 is 0 Å². The van der Waals surface area contributed by atoms with Gasteiger partial charge in [-0.15, -0.1) is 0 Å². The highest BCUT2D eigenvalue weighted by atomic mass is 16.2. The molecule has 2 amide bonds. The minimum absolute atomic E-state index is 0.0975. The maximum absolute atomic E-state index is 12.2. The Bertz CT molecular complexity index is 768. The number of fused-ring (bicyclic) bond motifs is 1. The number of hydrogen-bond acceptors (Lipinski definition) is 5. The summed E-state index contributed by atoms with van der Waals surface area (Å²) in [5.74, 6) is 0.208. The fourth-order valence-corrected chi connectivity index (χ4v) is 2.12. The maximum Gasteiger partial charge on any atom is 0.242 e. The zero-order valence-corrected chi connectivity index (χ0v) is 15.5. The van der Waals surface area contributed by atoms with Crippen LogP contribution in [-0.4, -0.2) is 72.1 Å². The largest absolute Gasteiger partial charge is 0.325 e. The van der Waals surface area contributed by atoms with E-state index in [2.05, 4.69) is 20.8 Å². The van der Waals surface area contributed by atoms with Gasteiger partial charge in [-0.05, 0) is 60.2 Å². The summed E-state index contributed by atoms with van der Waals surface area (Å²) in [6, 6.07) is 4.89. The number of benzene rings is 1. The van der Waals surface area contributed by atoms with E-state index in [4.69, 9.17) is 0 Å². The lowest BCUT2D eigenvalue weighted by Crippen LogP contribution is -2.37. The second-order valence-corrected chi connectivity index (χ2v) is 6.59. The average molecular weight is 346 g/mol. The van der Waals surface area contributed by atoms with E-state index in [9.17, 15) is 9.59 Å². The zero-order chi connectivity index (χ0) is 18.7. The van der Waals surface area contributed by atoms with Gasteiger partial charge in [0, 0.05) is 11.1 Å². The summed E-state index contributed by atoms with van der Waals surface area (Å²) in [6.07, 6.45) is 0. The van der Waals surface area contributed by atoms with E-state index in [1.807, 2.05) is 57.9 Å². The van der Waals surface area contributed by atoms with Gasteiger partial charge in [0.1, 0.15) is 0 Å². The van der Waals surface area contributed by atoms with E-state index in [0.717, 1.165) is 10.9 Å². The minimum Gasteiger partial charge on any atom is -0.325 e. The Labute approximate surface area is 147 Å². The molecule has 0 aliphatic rings. The van der Waals surface area contributed by atoms with Gasteiger partial charge in [-0.1, -0.05) is 0 Å². The van der Waals surface area contributed by atoms with Crippen molar-refractivity contribution in [3.63, 3.8) is 0 Å². The Morgan fingerprint density at radius 2 is 1.56 bits per heavy atom. The first kappa shape index (κ1) is 18.9. The quantitative estimate of drug-likeness (QED) is 0.734. The fourth-order valence-electron chi connectivity index (χ4n) is 2.12. The van der Waals surface area contributed by atoms with E-state index in [-0.39, 0.29) is 23.9 Å². The first-order chi connectivity index (χ1) is 11.7. The molecule has 0 unspecified atom stereocenters. The Morgan fingerprint density at radius 3 is 2.12 bits per heavy atom. The van der Waals surface area contributed by atoms with Crippen molar-refractivity contribution in [3.8, 4) is 0 Å². The highest BCUT2D eigenvalue weighted by Gasteiger charge is 2.18. The lowest BCUT2D eigenvalue weighted by molar-refractivity contribution is -0.120. The normalized spacial score (nSPS) is 13.9. The monoisotopic (exact) mass is 346 g/mol. The fraction of sp³-hybridized carbons (Fsp3) is 0.471. The molecule has 2 atom stereocenters. The molecule has 25 heavy (non-hydrogen) atoms. The molecular formula is C17H26N6O2. The maximum atomic E-state index is 12.2. The number of H-pyrrole nitrogens is 1. The Kier molecular flexibility index (Phi) is 5.76. The van der Waals surface area contributed by atoms with Gasteiger partial charge in [0.05, 0.1) is 17.6 Å². The van der Waals surface area contributed by atoms with Crippen LogP contribution in [0.3, 0.4) is 0 Å². The van der Waals surface area contributed by atoms with Crippen molar-refractivity contribution in [2.24, 2.45) is 0 Å². The number of nitrogens with one attached hydrogen (secondary N) is 3. The highest BCUT2D eigenvalue weighted by molar-refractivity contribution is 6.03. The molecule has 0 aliphatic heterocycles. The lowest BCUT2D eigenvalue weighted by atomic mass is 10.2. The van der Waals surface area contributed by atoms with E-state index < -0.39 is 0 Å². The smallest absolute Gasteiger partial charge is 0.242 e. The molecule has 136 valence electrons. The van der Waals surface area contributed by atoms with Gasteiger partial charge in [-0.2, -0.15) is 5.10 Å². The molecule has 0 spiro atoms. The SMILES string of the molecule is C[C@@H](C(=O)Nc1ccc2[nH]nc(NC(=O)[C@H](C)N(C)C)c2c1)N(C)C. The number of aromatic amines is 1. The highest BCUT2D eigenvalue weighted by Crippen LogP contribution is 2.24. The molecule has 0 saturated heterocycles. The van der Waals surface area contributed by atoms with E-state index >= 15 is 0 Å². The second-order valence-electron chi connectivity index (χ2n) is 6.59. The van der Waals surface area contributed by atoms with Gasteiger partial charge in [0.2, 0.25) is 11.8 Å². The number of carbonyl (C=O) groups excluding carboxylic acids is 2. The van der Waals surface area contributed by atoms with E-state index in [1.54, 1.807) is 12.1 Å². The van der Waals surface area contributed by atoms with Crippen LogP contribution in [0.2, 0.25) is 0 Å². The Hall–Kier alpha value is -2.45. The summed E-state index contributed by atoms with van der Waals surface area (Å²) in [5.41, 5.74) is 1.44. The molecular weight excluding hydrogens is 320 g/mol. The molecule has 0 bridgehead atoms. The van der Waals surface area contributed by atoms with Crippen molar-refractivity contribution >= 4 is 34.2 Å². The number of rotatable bonds is 6. The molecule has 1 heterocycles. The van der Waals surface area contributed by atoms with Crippen molar-refractivity contribution in [2.75, 3.05) is 38.8 Å². The van der Waals surface area contributed by atoms with E-state index in [1.165, 1.54) is 0 Å². The third-order valence-electron chi connectivity index (χ3n) is 4.38. The summed E-state index contributed by atoms with van der Waals surface area (Å²) in [7, 11) is 7.38. The summed E-state index contributed by atoms with van der Waals surface area (Å²) < 4.78 is 0. The number of hydrogen-bond donors (Lipinski definition) is 3. The number of likely N-dealkylation sites (N-methyl/N-ethyl adjacent to an activating group) is 2. The zero-order valence-electron chi connectivity index (χ0n) is 15.5. The molecule has 8 heteroatoms. The van der Waals surface area contributed by atoms with Crippen molar-refractivity contribution < 1.29 is 9.59 Å². The number of carbonyl (C=O) groups is 2. The average Bonchev–Trinajstić information content (AvgIpc) is 2.95. The minimum atomic E-state index is -0.282. The van der Waals surface area contributed by atoms with Crippen LogP contribution >= 0.6 is 0 Å². The van der Waals surface area contributed by atoms with Crippen LogP contribution in [0.15, 0.2) is 18.2 Å². The van der Waals surface area contributed by atoms with Crippen molar-refractivity contribution in [1.29, 1.82) is 0 Å². The number of amides is 2. The Morgan fingerprint density at radius 1 is 1.00 bits per heavy atom. The Balaban J connectivity index is 2.21. The third kappa shape index (κ3) is 4.34. The van der Waals surface area contributed by atoms with Gasteiger partial charge < -0.3 is 10.6 Å². The molecule has 2 rings (SSSR count). The molecule has 3 N–H and O–H groups in total. The molecule has 0 fully saturated rings. The summed E-state index contributed by atoms with van der Waals surface area (Å²) >= 11 is 0. The predicted octanol–water partition coefficient (Wildman–Crippen LogP) is 1.34. The molecule has 1 aromatic heterocycles. The molecule has 1 aromatic carbocycles. The van der Waals surface area contributed by atoms with Gasteiger partial charge in [0.15, 0.2) is 5.82 Å². The molecule has 0 saturated carbocycles. The van der Waals surface area contributed by atoms with Crippen LogP contribution in [0, 0.1) is 0 Å². The lowest BCUT2D eigenvalue weighted by Gasteiger charge is -2.19. The van der Waals surface area contributed by atoms with Crippen LogP contribution in [0.5, 0.6) is 0 Å². The molecule has 8 nitrogen and oxygen atoms in total. The van der Waals surface area contributed by atoms with Crippen LogP contribution in [0.4, 0.5) is 11.5 Å². The first-order valence-corrected chi connectivity index (χ1v) is 8.13. The number of anilines is 2. The van der Waals surface area contributed by atoms with Crippen molar-refractivity contribution in [3.05, 3.63) is 18.2 Å². The summed E-state index contributed by atoms with van der Waals surface area (Å²) in [4.78, 5) is 28.1. The second kappa shape index (κ2) is 7.62. The molecule has 0 aliphatic carbocycles. The third-order valence-corrected chi connectivity index (χ3v) is 4.38. The summed E-state index contributed by atoms with van der Waals surface area (Å²) in [5, 5.41) is 13.5. The number of nitrogens with zero attached hydrogens (tertiary/aromatic N) is 3. The van der Waals surface area contributed by atoms with Crippen molar-refractivity contribution in [2.45, 2.75) is 25.9 Å². The topological polar surface area (TPSA) is 93.4 Å². The first-order valence-electron chi connectivity index (χ1n) is 8.13. The van der Waals surface area contributed by atoms with Crippen LogP contribution in [0.1, 0.15) is 13.8 Å². The summed E-state index contributed by atoms with van der Waals surface area (Å²) in [6.45, 7) is 3.65. The van der Waals surface area contributed by atoms with Crippen LogP contribution < -0.4 is 10.6 Å². The molecule has 2 aromatic rings. The number of aromatic nitrogens is 2. The van der Waals surface area contributed by atoms with E-state index in [0.29, 0.717) is 11.5 Å². The standard InChI is InChI=1S/C17H26N6O2/c1-10(22(3)4)16(24)18-12-7-8-14-13(9-12)15(21-20-14)19-17(25)11(2)23(5)6/h7-11H,1-6H3,(H,18,24)(H2,19,20,21,25)/t10-,11-/m0/s1.